The lowest BCUT2D eigenvalue weighted by Crippen LogP contribution is -2.48. The van der Waals surface area contributed by atoms with Gasteiger partial charge in [0.2, 0.25) is 11.8 Å². The maximum Gasteiger partial charge on any atom is 0.225 e. The number of carbonyl (C=O) groups excluding carboxylic acids is 2. The largest absolute Gasteiger partial charge is 0.354 e. The first-order valence-corrected chi connectivity index (χ1v) is 11.3. The summed E-state index contributed by atoms with van der Waals surface area (Å²) in [5.41, 5.74) is 7.74. The van der Waals surface area contributed by atoms with Gasteiger partial charge in [0.25, 0.3) is 0 Å². The van der Waals surface area contributed by atoms with Crippen molar-refractivity contribution >= 4 is 34.3 Å². The minimum atomic E-state index is -0.280. The molecule has 2 saturated heterocycles. The number of hydrogen-bond acceptors (Lipinski definition) is 4. The van der Waals surface area contributed by atoms with Crippen LogP contribution in [0.2, 0.25) is 5.02 Å². The minimum Gasteiger partial charge on any atom is -0.354 e. The summed E-state index contributed by atoms with van der Waals surface area (Å²) in [5.74, 6) is 0.203. The molecule has 160 valence electrons. The molecule has 8 heteroatoms. The molecule has 3 fully saturated rings. The molecular formula is C22H28ClN5O2. The van der Waals surface area contributed by atoms with Crippen LogP contribution in [0.15, 0.2) is 30.5 Å². The highest BCUT2D eigenvalue weighted by Crippen LogP contribution is 2.34. The zero-order valence-corrected chi connectivity index (χ0v) is 17.7. The van der Waals surface area contributed by atoms with Crippen molar-refractivity contribution in [1.29, 1.82) is 0 Å². The van der Waals surface area contributed by atoms with Gasteiger partial charge < -0.3 is 14.8 Å². The third kappa shape index (κ3) is 3.70. The van der Waals surface area contributed by atoms with Crippen molar-refractivity contribution in [1.82, 2.24) is 25.6 Å². The molecule has 2 aliphatic heterocycles. The summed E-state index contributed by atoms with van der Waals surface area (Å²) in [6, 6.07) is 8.29. The molecule has 2 aromatic rings. The normalized spacial score (nSPS) is 28.8. The Labute approximate surface area is 181 Å². The number of fused-ring (bicyclic) bond motifs is 2. The van der Waals surface area contributed by atoms with E-state index in [4.69, 9.17) is 11.6 Å². The van der Waals surface area contributed by atoms with Gasteiger partial charge in [-0.25, -0.2) is 5.43 Å². The number of amides is 2. The molecule has 5 rings (SSSR count). The Bertz CT molecular complexity index is 960. The molecule has 2 amide bonds. The van der Waals surface area contributed by atoms with Crippen LogP contribution in [0.25, 0.3) is 10.9 Å². The van der Waals surface area contributed by atoms with Gasteiger partial charge in [0.15, 0.2) is 0 Å². The lowest BCUT2D eigenvalue weighted by Gasteiger charge is -2.32. The van der Waals surface area contributed by atoms with E-state index < -0.39 is 0 Å². The van der Waals surface area contributed by atoms with Crippen LogP contribution in [0, 0.1) is 11.8 Å². The number of carbonyl (C=O) groups is 2. The van der Waals surface area contributed by atoms with Gasteiger partial charge in [0, 0.05) is 54.8 Å². The molecular weight excluding hydrogens is 402 g/mol. The van der Waals surface area contributed by atoms with Crippen molar-refractivity contribution in [3.05, 3.63) is 35.5 Å². The molecule has 7 nitrogen and oxygen atoms in total. The molecule has 1 aromatic heterocycles. The summed E-state index contributed by atoms with van der Waals surface area (Å²) in [6.45, 7) is 1.68. The first-order valence-electron chi connectivity index (χ1n) is 10.9. The fraction of sp³-hybridized carbons (Fsp3) is 0.545. The van der Waals surface area contributed by atoms with Crippen LogP contribution in [0.1, 0.15) is 32.1 Å². The van der Waals surface area contributed by atoms with E-state index in [9.17, 15) is 9.59 Å². The Morgan fingerprint density at radius 1 is 1.20 bits per heavy atom. The fourth-order valence-corrected chi connectivity index (χ4v) is 5.46. The Kier molecular flexibility index (Phi) is 5.43. The number of nitrogens with zero attached hydrogens (tertiary/aromatic N) is 2. The number of likely N-dealkylation sites (tertiary alicyclic amines) is 1. The van der Waals surface area contributed by atoms with Crippen LogP contribution in [0.4, 0.5) is 0 Å². The number of benzene rings is 1. The van der Waals surface area contributed by atoms with Crippen molar-refractivity contribution in [2.75, 3.05) is 13.1 Å². The Morgan fingerprint density at radius 2 is 2.07 bits per heavy atom. The number of hydrogen-bond donors (Lipinski definition) is 3. The van der Waals surface area contributed by atoms with E-state index in [-0.39, 0.29) is 23.9 Å². The van der Waals surface area contributed by atoms with Crippen molar-refractivity contribution in [3.63, 3.8) is 0 Å². The molecule has 1 aromatic carbocycles. The van der Waals surface area contributed by atoms with E-state index in [1.807, 2.05) is 35.4 Å². The second-order valence-electron chi connectivity index (χ2n) is 8.74. The van der Waals surface area contributed by atoms with Crippen LogP contribution < -0.4 is 16.2 Å². The number of rotatable bonds is 5. The number of halogens is 1. The van der Waals surface area contributed by atoms with Crippen molar-refractivity contribution < 1.29 is 9.59 Å². The van der Waals surface area contributed by atoms with Gasteiger partial charge in [-0.15, -0.1) is 0 Å². The SMILES string of the molecule is O=C(NCCn1ccc2ccc(Cl)cc21)C1CC(=O)N(C2NNC3CCCCC32)C1. The van der Waals surface area contributed by atoms with E-state index in [1.165, 1.54) is 12.8 Å². The zero-order chi connectivity index (χ0) is 20.7. The highest BCUT2D eigenvalue weighted by atomic mass is 35.5. The molecule has 3 aliphatic rings. The summed E-state index contributed by atoms with van der Waals surface area (Å²) in [5, 5.41) is 4.85. The van der Waals surface area contributed by atoms with Crippen LogP contribution in [0.3, 0.4) is 0 Å². The van der Waals surface area contributed by atoms with Gasteiger partial charge in [0.1, 0.15) is 0 Å². The molecule has 3 heterocycles. The van der Waals surface area contributed by atoms with Crippen molar-refractivity contribution in [2.45, 2.75) is 50.9 Å². The third-order valence-corrected chi connectivity index (χ3v) is 7.13. The maximum absolute atomic E-state index is 12.7. The summed E-state index contributed by atoms with van der Waals surface area (Å²) in [6.07, 6.45) is 7.05. The predicted molar refractivity (Wildman–Crippen MR) is 116 cm³/mol. The Balaban J connectivity index is 1.16. The number of nitrogens with one attached hydrogen (secondary N) is 3. The average Bonchev–Trinajstić information content (AvgIpc) is 3.44. The molecule has 0 radical (unpaired) electrons. The zero-order valence-electron chi connectivity index (χ0n) is 16.9. The molecule has 0 bridgehead atoms. The first kappa shape index (κ1) is 19.8. The van der Waals surface area contributed by atoms with Gasteiger partial charge in [-0.2, -0.15) is 0 Å². The second-order valence-corrected chi connectivity index (χ2v) is 9.18. The second kappa shape index (κ2) is 8.21. The standard InChI is InChI=1S/C22H28ClN5O2/c23-16-6-5-14-7-9-27(19(14)12-16)10-8-24-22(30)15-11-20(29)28(13-15)21-17-3-1-2-4-18(17)25-26-21/h5-7,9,12,15,17-18,21,25-26H,1-4,8,10-11,13H2,(H,24,30). The monoisotopic (exact) mass is 429 g/mol. The summed E-state index contributed by atoms with van der Waals surface area (Å²) in [4.78, 5) is 27.3. The van der Waals surface area contributed by atoms with Gasteiger partial charge in [-0.3, -0.25) is 15.0 Å². The average molecular weight is 430 g/mol. The van der Waals surface area contributed by atoms with Gasteiger partial charge in [-0.05, 0) is 36.4 Å². The Morgan fingerprint density at radius 3 is 2.97 bits per heavy atom. The lowest BCUT2D eigenvalue weighted by atomic mass is 9.84. The smallest absolute Gasteiger partial charge is 0.225 e. The lowest BCUT2D eigenvalue weighted by molar-refractivity contribution is -0.131. The van der Waals surface area contributed by atoms with Crippen molar-refractivity contribution in [2.24, 2.45) is 11.8 Å². The maximum atomic E-state index is 12.7. The highest BCUT2D eigenvalue weighted by Gasteiger charge is 2.46. The highest BCUT2D eigenvalue weighted by molar-refractivity contribution is 6.31. The van der Waals surface area contributed by atoms with Crippen LogP contribution in [-0.4, -0.2) is 46.6 Å². The first-order chi connectivity index (χ1) is 14.6. The van der Waals surface area contributed by atoms with Gasteiger partial charge in [-0.1, -0.05) is 30.5 Å². The van der Waals surface area contributed by atoms with E-state index in [0.29, 0.717) is 43.0 Å². The number of hydrazine groups is 1. The summed E-state index contributed by atoms with van der Waals surface area (Å²) < 4.78 is 2.09. The fourth-order valence-electron chi connectivity index (χ4n) is 5.30. The summed E-state index contributed by atoms with van der Waals surface area (Å²) >= 11 is 6.11. The molecule has 30 heavy (non-hydrogen) atoms. The van der Waals surface area contributed by atoms with E-state index >= 15 is 0 Å². The quantitative estimate of drug-likeness (QED) is 0.681. The Hall–Kier alpha value is -2.09. The molecule has 4 unspecified atom stereocenters. The molecule has 1 aliphatic carbocycles. The molecule has 1 saturated carbocycles. The van der Waals surface area contributed by atoms with Gasteiger partial charge in [0.05, 0.1) is 12.1 Å². The van der Waals surface area contributed by atoms with Crippen LogP contribution >= 0.6 is 11.6 Å². The molecule has 4 atom stereocenters. The van der Waals surface area contributed by atoms with E-state index in [0.717, 1.165) is 23.7 Å². The molecule has 3 N–H and O–H groups in total. The summed E-state index contributed by atoms with van der Waals surface area (Å²) in [7, 11) is 0. The van der Waals surface area contributed by atoms with E-state index in [2.05, 4.69) is 20.7 Å². The van der Waals surface area contributed by atoms with E-state index in [1.54, 1.807) is 0 Å². The van der Waals surface area contributed by atoms with Crippen molar-refractivity contribution in [3.8, 4) is 0 Å². The van der Waals surface area contributed by atoms with Gasteiger partial charge >= 0.3 is 0 Å². The number of aromatic nitrogens is 1. The van der Waals surface area contributed by atoms with Crippen LogP contribution in [-0.2, 0) is 16.1 Å². The predicted octanol–water partition coefficient (Wildman–Crippen LogP) is 2.25. The third-order valence-electron chi connectivity index (χ3n) is 6.89. The van der Waals surface area contributed by atoms with Crippen LogP contribution in [0.5, 0.6) is 0 Å². The topological polar surface area (TPSA) is 78.4 Å². The molecule has 0 spiro atoms. The minimum absolute atomic E-state index is 0.0107.